The van der Waals surface area contributed by atoms with Crippen molar-refractivity contribution >= 4 is 28.6 Å². The molecule has 134 valence electrons. The van der Waals surface area contributed by atoms with E-state index in [9.17, 15) is 9.59 Å². The highest BCUT2D eigenvalue weighted by Crippen LogP contribution is 2.27. The van der Waals surface area contributed by atoms with Crippen LogP contribution in [0, 0.1) is 0 Å². The fraction of sp³-hybridized carbons (Fsp3) is 0.100. The Morgan fingerprint density at radius 1 is 1.00 bits per heavy atom. The molecule has 0 unspecified atom stereocenters. The van der Waals surface area contributed by atoms with Gasteiger partial charge in [-0.05, 0) is 31.2 Å². The number of H-pyrrole nitrogens is 2. The molecule has 7 heteroatoms. The van der Waals surface area contributed by atoms with Crippen molar-refractivity contribution in [2.45, 2.75) is 17.2 Å². The Bertz CT molecular complexity index is 1170. The van der Waals surface area contributed by atoms with Crippen molar-refractivity contribution in [3.05, 3.63) is 77.0 Å². The minimum absolute atomic E-state index is 0.0242. The van der Waals surface area contributed by atoms with E-state index in [1.54, 1.807) is 18.2 Å². The van der Waals surface area contributed by atoms with Gasteiger partial charge in [0.25, 0.3) is 0 Å². The second kappa shape index (κ2) is 7.20. The van der Waals surface area contributed by atoms with Gasteiger partial charge in [0.05, 0.1) is 22.0 Å². The van der Waals surface area contributed by atoms with Gasteiger partial charge in [0.2, 0.25) is 0 Å². The topological polar surface area (TPSA) is 91.5 Å². The van der Waals surface area contributed by atoms with E-state index in [-0.39, 0.29) is 16.7 Å². The first-order valence-corrected chi connectivity index (χ1v) is 9.28. The Labute approximate surface area is 159 Å². The summed E-state index contributed by atoms with van der Waals surface area (Å²) in [5.41, 5.74) is 3.39. The van der Waals surface area contributed by atoms with Crippen LogP contribution in [0.3, 0.4) is 0 Å². The molecule has 0 aliphatic rings. The maximum absolute atomic E-state index is 12.8. The van der Waals surface area contributed by atoms with Gasteiger partial charge in [-0.15, -0.1) is 0 Å². The molecule has 0 radical (unpaired) electrons. The Kier molecular flexibility index (Phi) is 4.60. The van der Waals surface area contributed by atoms with Crippen molar-refractivity contribution < 1.29 is 4.79 Å². The third-order valence-electron chi connectivity index (χ3n) is 4.18. The summed E-state index contributed by atoms with van der Waals surface area (Å²) in [5, 5.41) is 0.410. The number of imidazole rings is 1. The number of carbonyl (C=O) groups is 1. The fourth-order valence-electron chi connectivity index (χ4n) is 2.83. The molecule has 2 N–H and O–H groups in total. The number of aromatic nitrogens is 4. The number of nitrogens with one attached hydrogen (secondary N) is 2. The van der Waals surface area contributed by atoms with Crippen molar-refractivity contribution in [1.29, 1.82) is 0 Å². The minimum atomic E-state index is -0.327. The second-order valence-electron chi connectivity index (χ2n) is 6.07. The molecule has 4 aromatic rings. The molecule has 0 bridgehead atoms. The van der Waals surface area contributed by atoms with Crippen LogP contribution >= 0.6 is 11.8 Å². The lowest BCUT2D eigenvalue weighted by molar-refractivity contribution is 0.0994. The molecule has 0 fully saturated rings. The highest BCUT2D eigenvalue weighted by molar-refractivity contribution is 8.00. The summed E-state index contributed by atoms with van der Waals surface area (Å²) in [4.78, 5) is 38.1. The van der Waals surface area contributed by atoms with Gasteiger partial charge in [0.1, 0.15) is 11.4 Å². The van der Waals surface area contributed by atoms with Gasteiger partial charge in [-0.3, -0.25) is 4.79 Å². The van der Waals surface area contributed by atoms with Crippen LogP contribution in [0.15, 0.2) is 70.7 Å². The Hall–Kier alpha value is -3.19. The van der Waals surface area contributed by atoms with E-state index >= 15 is 0 Å². The zero-order valence-electron chi connectivity index (χ0n) is 14.5. The lowest BCUT2D eigenvalue weighted by Gasteiger charge is -2.10. The number of fused-ring (bicyclic) bond motifs is 1. The van der Waals surface area contributed by atoms with Gasteiger partial charge in [0.15, 0.2) is 5.78 Å². The molecule has 0 aliphatic heterocycles. The Balaban J connectivity index is 1.55. The van der Waals surface area contributed by atoms with Crippen molar-refractivity contribution in [3.8, 4) is 11.3 Å². The summed E-state index contributed by atoms with van der Waals surface area (Å²) in [5.74, 6) is -0.0242. The minimum Gasteiger partial charge on any atom is -0.306 e. The first-order chi connectivity index (χ1) is 13.1. The highest BCUT2D eigenvalue weighted by Gasteiger charge is 2.18. The monoisotopic (exact) mass is 376 g/mol. The number of thioether (sulfide) groups is 1. The van der Waals surface area contributed by atoms with Gasteiger partial charge >= 0.3 is 5.69 Å². The Morgan fingerprint density at radius 2 is 1.78 bits per heavy atom. The van der Waals surface area contributed by atoms with Crippen molar-refractivity contribution in [1.82, 2.24) is 19.9 Å². The van der Waals surface area contributed by atoms with E-state index in [1.165, 1.54) is 18.1 Å². The molecule has 27 heavy (non-hydrogen) atoms. The van der Waals surface area contributed by atoms with Gasteiger partial charge in [-0.1, -0.05) is 42.1 Å². The number of nitrogens with zero attached hydrogens (tertiary/aromatic N) is 2. The van der Waals surface area contributed by atoms with E-state index in [0.717, 1.165) is 16.3 Å². The smallest absolute Gasteiger partial charge is 0.306 e. The SMILES string of the molecule is C[C@H](Sc1cc(-c2ccccc2)ncn1)C(=O)c1ccc2[nH]c(=O)[nH]c2c1. The summed E-state index contributed by atoms with van der Waals surface area (Å²) in [7, 11) is 0. The first-order valence-electron chi connectivity index (χ1n) is 8.40. The van der Waals surface area contributed by atoms with Crippen LogP contribution in [0.25, 0.3) is 22.3 Å². The predicted octanol–water partition coefficient (Wildman–Crippen LogP) is 3.68. The molecule has 6 nitrogen and oxygen atoms in total. The van der Waals surface area contributed by atoms with Gasteiger partial charge in [-0.2, -0.15) is 0 Å². The summed E-state index contributed by atoms with van der Waals surface area (Å²) in [6, 6.07) is 16.9. The summed E-state index contributed by atoms with van der Waals surface area (Å²) in [6.45, 7) is 1.85. The number of rotatable bonds is 5. The van der Waals surface area contributed by atoms with Crippen LogP contribution in [-0.4, -0.2) is 31.0 Å². The number of hydrogen-bond acceptors (Lipinski definition) is 5. The molecule has 0 amide bonds. The zero-order valence-corrected chi connectivity index (χ0v) is 15.3. The maximum atomic E-state index is 12.8. The van der Waals surface area contributed by atoms with E-state index in [2.05, 4.69) is 19.9 Å². The first kappa shape index (κ1) is 17.2. The molecule has 1 atom stereocenters. The second-order valence-corrected chi connectivity index (χ2v) is 7.43. The van der Waals surface area contributed by atoms with Gasteiger partial charge in [0, 0.05) is 11.1 Å². The molecule has 2 aromatic carbocycles. The third-order valence-corrected chi connectivity index (χ3v) is 5.21. The van der Waals surface area contributed by atoms with Crippen LogP contribution in [0.1, 0.15) is 17.3 Å². The molecule has 0 saturated carbocycles. The van der Waals surface area contributed by atoms with E-state index < -0.39 is 0 Å². The number of aromatic amines is 2. The molecular formula is C20H16N4O2S. The van der Waals surface area contributed by atoms with Gasteiger partial charge in [-0.25, -0.2) is 14.8 Å². The summed E-state index contributed by atoms with van der Waals surface area (Å²) in [6.07, 6.45) is 1.51. The van der Waals surface area contributed by atoms with E-state index in [0.29, 0.717) is 16.6 Å². The normalized spacial score (nSPS) is 12.2. The van der Waals surface area contributed by atoms with Crippen molar-refractivity contribution in [2.24, 2.45) is 0 Å². The molecule has 0 spiro atoms. The lowest BCUT2D eigenvalue weighted by Crippen LogP contribution is -2.13. The predicted molar refractivity (Wildman–Crippen MR) is 106 cm³/mol. The van der Waals surface area contributed by atoms with Crippen LogP contribution in [0.4, 0.5) is 0 Å². The van der Waals surface area contributed by atoms with Crippen molar-refractivity contribution in [3.63, 3.8) is 0 Å². The number of ketones is 1. The van der Waals surface area contributed by atoms with E-state index in [1.807, 2.05) is 43.3 Å². The quantitative estimate of drug-likeness (QED) is 0.315. The summed E-state index contributed by atoms with van der Waals surface area (Å²) >= 11 is 1.39. The van der Waals surface area contributed by atoms with Crippen LogP contribution < -0.4 is 5.69 Å². The Morgan fingerprint density at radius 3 is 2.59 bits per heavy atom. The maximum Gasteiger partial charge on any atom is 0.323 e. The van der Waals surface area contributed by atoms with Crippen molar-refractivity contribution in [2.75, 3.05) is 0 Å². The highest BCUT2D eigenvalue weighted by atomic mass is 32.2. The standard InChI is InChI=1S/C20H16N4O2S/c1-12(19(25)14-7-8-15-17(9-14)24-20(26)23-15)27-18-10-16(21-11-22-18)13-5-3-2-4-6-13/h2-12H,1H3,(H2,23,24,26)/t12-/m0/s1. The van der Waals surface area contributed by atoms with Crippen LogP contribution in [0.5, 0.6) is 0 Å². The third kappa shape index (κ3) is 3.68. The average Bonchev–Trinajstić information content (AvgIpc) is 3.07. The molecule has 0 saturated heterocycles. The number of benzene rings is 2. The largest absolute Gasteiger partial charge is 0.323 e. The lowest BCUT2D eigenvalue weighted by atomic mass is 10.1. The number of Topliss-reactive ketones (excluding diaryl/α,β-unsaturated/α-hetero) is 1. The molecular weight excluding hydrogens is 360 g/mol. The molecule has 2 aromatic heterocycles. The molecule has 4 rings (SSSR count). The average molecular weight is 376 g/mol. The van der Waals surface area contributed by atoms with Gasteiger partial charge < -0.3 is 9.97 Å². The summed E-state index contributed by atoms with van der Waals surface area (Å²) < 4.78 is 0. The van der Waals surface area contributed by atoms with Crippen LogP contribution in [-0.2, 0) is 0 Å². The molecule has 2 heterocycles. The van der Waals surface area contributed by atoms with Crippen LogP contribution in [0.2, 0.25) is 0 Å². The zero-order chi connectivity index (χ0) is 18.8. The molecule has 0 aliphatic carbocycles. The van der Waals surface area contributed by atoms with E-state index in [4.69, 9.17) is 0 Å². The fourth-order valence-corrected chi connectivity index (χ4v) is 3.72. The number of hydrogen-bond donors (Lipinski definition) is 2. The number of carbonyl (C=O) groups excluding carboxylic acids is 1.